The van der Waals surface area contributed by atoms with Crippen molar-refractivity contribution in [3.05, 3.63) is 36.2 Å². The summed E-state index contributed by atoms with van der Waals surface area (Å²) in [7, 11) is 2.07. The minimum absolute atomic E-state index is 0.0647. The van der Waals surface area contributed by atoms with Gasteiger partial charge in [-0.15, -0.1) is 0 Å². The van der Waals surface area contributed by atoms with Crippen LogP contribution in [-0.4, -0.2) is 57.1 Å². The maximum atomic E-state index is 12.4. The predicted molar refractivity (Wildman–Crippen MR) is 93.0 cm³/mol. The highest BCUT2D eigenvalue weighted by Crippen LogP contribution is 2.18. The van der Waals surface area contributed by atoms with E-state index in [0.717, 1.165) is 38.0 Å². The van der Waals surface area contributed by atoms with Crippen molar-refractivity contribution in [2.45, 2.75) is 38.8 Å². The Morgan fingerprint density at radius 1 is 1.44 bits per heavy atom. The summed E-state index contributed by atoms with van der Waals surface area (Å²) in [5.41, 5.74) is 0.720. The molecular weight excluding hydrogens is 320 g/mol. The maximum absolute atomic E-state index is 12.4. The Balaban J connectivity index is 1.52. The number of carbonyl (C=O) groups is 1. The van der Waals surface area contributed by atoms with Gasteiger partial charge in [-0.3, -0.25) is 9.88 Å². The van der Waals surface area contributed by atoms with E-state index in [1.54, 1.807) is 19.3 Å². The number of amides is 2. The van der Waals surface area contributed by atoms with Crippen LogP contribution in [0.2, 0.25) is 0 Å². The quantitative estimate of drug-likeness (QED) is 0.916. The fourth-order valence-corrected chi connectivity index (χ4v) is 3.12. The minimum atomic E-state index is -0.0647. The largest absolute Gasteiger partial charge is 0.340 e. The van der Waals surface area contributed by atoms with E-state index in [9.17, 15) is 4.79 Å². The molecule has 8 nitrogen and oxygen atoms in total. The lowest BCUT2D eigenvalue weighted by Crippen LogP contribution is -2.37. The van der Waals surface area contributed by atoms with Crippen molar-refractivity contribution in [2.24, 2.45) is 0 Å². The fraction of sp³-hybridized carbons (Fsp3) is 0.529. The fourth-order valence-electron chi connectivity index (χ4n) is 3.12. The Labute approximate surface area is 147 Å². The lowest BCUT2D eigenvalue weighted by atomic mass is 10.1. The summed E-state index contributed by atoms with van der Waals surface area (Å²) < 4.78 is 5.03. The molecule has 0 unspecified atom stereocenters. The minimum Gasteiger partial charge on any atom is -0.340 e. The van der Waals surface area contributed by atoms with Crippen LogP contribution in [0.4, 0.5) is 10.5 Å². The number of aryl methyl sites for hydroxylation is 1. The van der Waals surface area contributed by atoms with Crippen LogP contribution in [0, 0.1) is 6.92 Å². The van der Waals surface area contributed by atoms with Gasteiger partial charge in [-0.05, 0) is 38.4 Å². The number of aromatic nitrogens is 3. The highest BCUT2D eigenvalue weighted by molar-refractivity contribution is 5.89. The molecule has 1 atom stereocenters. The van der Waals surface area contributed by atoms with Gasteiger partial charge in [-0.1, -0.05) is 5.16 Å². The van der Waals surface area contributed by atoms with E-state index in [4.69, 9.17) is 4.52 Å². The van der Waals surface area contributed by atoms with Gasteiger partial charge in [0.2, 0.25) is 5.89 Å². The number of carbonyl (C=O) groups excluding carboxylic acids is 1. The normalized spacial score (nSPS) is 18.2. The molecule has 2 amide bonds. The Morgan fingerprint density at radius 2 is 2.32 bits per heavy atom. The molecule has 134 valence electrons. The molecule has 0 spiro atoms. The number of hydrogen-bond donors (Lipinski definition) is 1. The number of urea groups is 1. The van der Waals surface area contributed by atoms with Crippen molar-refractivity contribution in [1.29, 1.82) is 0 Å². The van der Waals surface area contributed by atoms with Crippen molar-refractivity contribution in [1.82, 2.24) is 24.9 Å². The van der Waals surface area contributed by atoms with Crippen LogP contribution in [0.5, 0.6) is 0 Å². The molecule has 0 bridgehead atoms. The molecule has 25 heavy (non-hydrogen) atoms. The van der Waals surface area contributed by atoms with E-state index in [1.165, 1.54) is 0 Å². The monoisotopic (exact) mass is 344 g/mol. The summed E-state index contributed by atoms with van der Waals surface area (Å²) in [5, 5.41) is 6.86. The summed E-state index contributed by atoms with van der Waals surface area (Å²) in [5.74, 6) is 1.29. The molecule has 0 radical (unpaired) electrons. The van der Waals surface area contributed by atoms with Gasteiger partial charge < -0.3 is 14.7 Å². The number of nitrogens with zero attached hydrogens (tertiary/aromatic N) is 5. The molecule has 1 aliphatic rings. The first-order chi connectivity index (χ1) is 12.1. The molecule has 1 aliphatic heterocycles. The van der Waals surface area contributed by atoms with E-state index in [-0.39, 0.29) is 6.03 Å². The molecule has 0 aromatic carbocycles. The second-order valence-corrected chi connectivity index (χ2v) is 6.39. The van der Waals surface area contributed by atoms with Crippen LogP contribution in [0.25, 0.3) is 0 Å². The Hall–Kier alpha value is -2.48. The van der Waals surface area contributed by atoms with Gasteiger partial charge in [-0.2, -0.15) is 4.98 Å². The van der Waals surface area contributed by atoms with Crippen molar-refractivity contribution in [2.75, 3.05) is 25.5 Å². The third-order valence-corrected chi connectivity index (χ3v) is 4.48. The molecular formula is C17H24N6O2. The van der Waals surface area contributed by atoms with Crippen LogP contribution in [-0.2, 0) is 6.54 Å². The molecule has 0 aliphatic carbocycles. The van der Waals surface area contributed by atoms with Crippen LogP contribution in [0.1, 0.15) is 31.0 Å². The van der Waals surface area contributed by atoms with Gasteiger partial charge in [0.25, 0.3) is 0 Å². The lowest BCUT2D eigenvalue weighted by Gasteiger charge is -2.26. The van der Waals surface area contributed by atoms with Gasteiger partial charge in [-0.25, -0.2) is 4.79 Å². The maximum Gasteiger partial charge on any atom is 0.321 e. The average molecular weight is 344 g/mol. The molecule has 1 N–H and O–H groups in total. The van der Waals surface area contributed by atoms with Crippen LogP contribution in [0.3, 0.4) is 0 Å². The number of pyridine rings is 1. The highest BCUT2D eigenvalue weighted by atomic mass is 16.5. The second-order valence-electron chi connectivity index (χ2n) is 6.39. The van der Waals surface area contributed by atoms with E-state index in [0.29, 0.717) is 24.3 Å². The highest BCUT2D eigenvalue weighted by Gasteiger charge is 2.24. The van der Waals surface area contributed by atoms with Crippen LogP contribution < -0.4 is 5.32 Å². The standard InChI is InChI=1S/C17H24N6O2/c1-13-19-16(21-25-13)12-22(2)15-6-4-9-23(10-7-15)17(24)20-14-5-3-8-18-11-14/h3,5,8,11,15H,4,6-7,9-10,12H2,1-2H3,(H,20,24)/t15-/m0/s1. The summed E-state index contributed by atoms with van der Waals surface area (Å²) in [6.07, 6.45) is 6.28. The van der Waals surface area contributed by atoms with E-state index in [1.807, 2.05) is 17.0 Å². The second kappa shape index (κ2) is 8.06. The number of likely N-dealkylation sites (tertiary alicyclic amines) is 1. The van der Waals surface area contributed by atoms with Gasteiger partial charge in [0.05, 0.1) is 18.4 Å². The van der Waals surface area contributed by atoms with Crippen LogP contribution in [0.15, 0.2) is 29.0 Å². The topological polar surface area (TPSA) is 87.4 Å². The Bertz CT molecular complexity index is 689. The first kappa shape index (κ1) is 17.3. The molecule has 1 fully saturated rings. The smallest absolute Gasteiger partial charge is 0.321 e. The number of rotatable bonds is 4. The summed E-state index contributed by atoms with van der Waals surface area (Å²) >= 11 is 0. The van der Waals surface area contributed by atoms with Crippen molar-refractivity contribution < 1.29 is 9.32 Å². The zero-order valence-electron chi connectivity index (χ0n) is 14.7. The number of nitrogens with one attached hydrogen (secondary N) is 1. The molecule has 8 heteroatoms. The summed E-state index contributed by atoms with van der Waals surface area (Å²) in [6.45, 7) is 3.94. The third-order valence-electron chi connectivity index (χ3n) is 4.48. The first-order valence-corrected chi connectivity index (χ1v) is 8.57. The number of hydrogen-bond acceptors (Lipinski definition) is 6. The Morgan fingerprint density at radius 3 is 3.04 bits per heavy atom. The van der Waals surface area contributed by atoms with Gasteiger partial charge in [0.15, 0.2) is 5.82 Å². The predicted octanol–water partition coefficient (Wildman–Crippen LogP) is 2.29. The van der Waals surface area contributed by atoms with Crippen molar-refractivity contribution in [3.63, 3.8) is 0 Å². The van der Waals surface area contributed by atoms with Gasteiger partial charge >= 0.3 is 6.03 Å². The van der Waals surface area contributed by atoms with Crippen LogP contribution >= 0.6 is 0 Å². The van der Waals surface area contributed by atoms with Gasteiger partial charge in [0.1, 0.15) is 0 Å². The van der Waals surface area contributed by atoms with E-state index in [2.05, 4.69) is 32.4 Å². The third kappa shape index (κ3) is 4.76. The lowest BCUT2D eigenvalue weighted by molar-refractivity contribution is 0.197. The Kier molecular flexibility index (Phi) is 5.60. The average Bonchev–Trinajstić information content (AvgIpc) is 2.86. The summed E-state index contributed by atoms with van der Waals surface area (Å²) in [6, 6.07) is 3.98. The van der Waals surface area contributed by atoms with Gasteiger partial charge in [0, 0.05) is 32.3 Å². The van der Waals surface area contributed by atoms with E-state index < -0.39 is 0 Å². The zero-order valence-corrected chi connectivity index (χ0v) is 14.7. The van der Waals surface area contributed by atoms with E-state index >= 15 is 0 Å². The first-order valence-electron chi connectivity index (χ1n) is 8.57. The molecule has 1 saturated heterocycles. The molecule has 3 heterocycles. The number of anilines is 1. The molecule has 2 aromatic rings. The molecule has 2 aromatic heterocycles. The molecule has 0 saturated carbocycles. The van der Waals surface area contributed by atoms with Crippen molar-refractivity contribution >= 4 is 11.7 Å². The summed E-state index contributed by atoms with van der Waals surface area (Å²) in [4.78, 5) is 24.8. The molecule has 3 rings (SSSR count). The zero-order chi connectivity index (χ0) is 17.6. The van der Waals surface area contributed by atoms with Crippen molar-refractivity contribution in [3.8, 4) is 0 Å². The SMILES string of the molecule is Cc1nc(CN(C)[C@H]2CCCN(C(=O)Nc3cccnc3)CC2)no1.